The van der Waals surface area contributed by atoms with E-state index in [9.17, 15) is 4.79 Å². The summed E-state index contributed by atoms with van der Waals surface area (Å²) < 4.78 is 9.00. The molecule has 3 rings (SSSR count). The summed E-state index contributed by atoms with van der Waals surface area (Å²) in [5.74, 6) is 1.13. The van der Waals surface area contributed by atoms with E-state index in [1.165, 1.54) is 0 Å². The van der Waals surface area contributed by atoms with Crippen LogP contribution >= 0.6 is 0 Å². The van der Waals surface area contributed by atoms with Crippen LogP contribution in [0.3, 0.4) is 0 Å². The quantitative estimate of drug-likeness (QED) is 0.683. The van der Waals surface area contributed by atoms with Gasteiger partial charge in [-0.2, -0.15) is 5.10 Å². The van der Waals surface area contributed by atoms with Crippen LogP contribution in [0.25, 0.3) is 5.82 Å². The molecular weight excluding hydrogens is 320 g/mol. The number of nitrogens with zero attached hydrogens (tertiary/aromatic N) is 3. The number of carbonyl (C=O) groups is 1. The maximum atomic E-state index is 12.6. The molecule has 0 spiro atoms. The first kappa shape index (κ1) is 16.8. The van der Waals surface area contributed by atoms with E-state index < -0.39 is 0 Å². The van der Waals surface area contributed by atoms with Crippen molar-refractivity contribution in [3.05, 3.63) is 66.1 Å². The molecule has 1 amide bonds. The summed E-state index contributed by atoms with van der Waals surface area (Å²) in [4.78, 5) is 12.6. The van der Waals surface area contributed by atoms with Crippen LogP contribution in [-0.4, -0.2) is 38.6 Å². The van der Waals surface area contributed by atoms with Crippen molar-refractivity contribution in [1.29, 1.82) is 0 Å². The van der Waals surface area contributed by atoms with Crippen molar-refractivity contribution in [2.45, 2.75) is 6.54 Å². The maximum Gasteiger partial charge on any atom is 0.256 e. The molecule has 130 valence electrons. The van der Waals surface area contributed by atoms with Gasteiger partial charge in [0.25, 0.3) is 5.91 Å². The minimum absolute atomic E-state index is 0.0589. The normalized spacial score (nSPS) is 10.6. The number of aryl methyl sites for hydroxylation is 1. The Morgan fingerprint density at radius 2 is 2.00 bits per heavy atom. The van der Waals surface area contributed by atoms with Crippen LogP contribution in [0.4, 0.5) is 0 Å². The van der Waals surface area contributed by atoms with Crippen molar-refractivity contribution in [2.24, 2.45) is 7.05 Å². The highest BCUT2D eigenvalue weighted by atomic mass is 16.5. The van der Waals surface area contributed by atoms with E-state index in [-0.39, 0.29) is 19.1 Å². The van der Waals surface area contributed by atoms with Crippen LogP contribution in [-0.2, 0) is 13.6 Å². The molecule has 0 saturated heterocycles. The van der Waals surface area contributed by atoms with E-state index in [0.29, 0.717) is 23.7 Å². The van der Waals surface area contributed by atoms with Gasteiger partial charge >= 0.3 is 0 Å². The highest BCUT2D eigenvalue weighted by Crippen LogP contribution is 2.18. The van der Waals surface area contributed by atoms with E-state index >= 15 is 0 Å². The Kier molecular flexibility index (Phi) is 5.15. The highest BCUT2D eigenvalue weighted by Gasteiger charge is 2.17. The molecule has 0 unspecified atom stereocenters. The molecule has 3 aromatic rings. The molecule has 0 radical (unpaired) electrons. The smallest absolute Gasteiger partial charge is 0.256 e. The average Bonchev–Trinajstić information content (AvgIpc) is 3.27. The van der Waals surface area contributed by atoms with Crippen molar-refractivity contribution < 1.29 is 14.6 Å². The van der Waals surface area contributed by atoms with Gasteiger partial charge in [0.2, 0.25) is 0 Å². The second-order valence-electron chi connectivity index (χ2n) is 5.46. The second kappa shape index (κ2) is 7.67. The van der Waals surface area contributed by atoms with E-state index in [4.69, 9.17) is 9.84 Å². The Hall–Kier alpha value is -3.06. The number of hydrogen-bond donors (Lipinski definition) is 2. The number of ether oxygens (including phenoxy) is 1. The Morgan fingerprint density at radius 1 is 1.24 bits per heavy atom. The van der Waals surface area contributed by atoms with E-state index in [1.807, 2.05) is 53.4 Å². The van der Waals surface area contributed by atoms with Gasteiger partial charge in [-0.1, -0.05) is 18.2 Å². The Labute approximate surface area is 145 Å². The lowest BCUT2D eigenvalue weighted by Gasteiger charge is -2.12. The number of aliphatic hydroxyl groups is 1. The Balaban J connectivity index is 1.75. The fraction of sp³-hybridized carbons (Fsp3) is 0.222. The van der Waals surface area contributed by atoms with Gasteiger partial charge in [0.15, 0.2) is 0 Å². The van der Waals surface area contributed by atoms with Gasteiger partial charge in [-0.05, 0) is 18.2 Å². The number of carbonyl (C=O) groups excluding carboxylic acids is 1. The molecule has 7 heteroatoms. The minimum Gasteiger partial charge on any atom is -0.491 e. The van der Waals surface area contributed by atoms with Crippen LogP contribution in [0.5, 0.6) is 5.75 Å². The molecule has 1 aromatic carbocycles. The largest absolute Gasteiger partial charge is 0.491 e. The number of aromatic nitrogens is 3. The summed E-state index contributed by atoms with van der Waals surface area (Å²) in [7, 11) is 1.80. The predicted octanol–water partition coefficient (Wildman–Crippen LogP) is 1.51. The molecular formula is C18H20N4O3. The summed E-state index contributed by atoms with van der Waals surface area (Å²) in [6.07, 6.45) is 5.29. The topological polar surface area (TPSA) is 81.3 Å². The lowest BCUT2D eigenvalue weighted by molar-refractivity contribution is 0.0950. The first-order valence-electron chi connectivity index (χ1n) is 7.96. The predicted molar refractivity (Wildman–Crippen MR) is 92.7 cm³/mol. The minimum atomic E-state index is -0.214. The van der Waals surface area contributed by atoms with Gasteiger partial charge in [0.1, 0.15) is 23.7 Å². The zero-order chi connectivity index (χ0) is 17.6. The molecule has 2 aromatic heterocycles. The molecule has 0 aliphatic rings. The zero-order valence-electron chi connectivity index (χ0n) is 13.9. The molecule has 7 nitrogen and oxygen atoms in total. The van der Waals surface area contributed by atoms with Crippen molar-refractivity contribution >= 4 is 5.91 Å². The second-order valence-corrected chi connectivity index (χ2v) is 5.46. The molecule has 0 atom stereocenters. The van der Waals surface area contributed by atoms with Gasteiger partial charge in [-0.25, -0.2) is 0 Å². The fourth-order valence-corrected chi connectivity index (χ4v) is 2.59. The van der Waals surface area contributed by atoms with E-state index in [0.717, 1.165) is 5.56 Å². The molecule has 0 aliphatic carbocycles. The number of nitrogens with one attached hydrogen (secondary N) is 1. The van der Waals surface area contributed by atoms with Crippen LogP contribution in [0.15, 0.2) is 55.0 Å². The Morgan fingerprint density at radius 3 is 2.76 bits per heavy atom. The van der Waals surface area contributed by atoms with E-state index in [1.54, 1.807) is 17.9 Å². The summed E-state index contributed by atoms with van der Waals surface area (Å²) >= 11 is 0. The number of para-hydroxylation sites is 1. The molecule has 2 heterocycles. The summed E-state index contributed by atoms with van der Waals surface area (Å²) in [5.41, 5.74) is 1.34. The van der Waals surface area contributed by atoms with Crippen molar-refractivity contribution in [3.8, 4) is 11.6 Å². The SMILES string of the molecule is Cn1ncc(C(=O)NCc2ccccc2OCCO)c1-n1cccc1. The third-order valence-electron chi connectivity index (χ3n) is 3.76. The van der Waals surface area contributed by atoms with Crippen molar-refractivity contribution in [2.75, 3.05) is 13.2 Å². The van der Waals surface area contributed by atoms with Crippen LogP contribution in [0.1, 0.15) is 15.9 Å². The number of hydrogen-bond acceptors (Lipinski definition) is 4. The molecule has 0 aliphatic heterocycles. The number of benzene rings is 1. The highest BCUT2D eigenvalue weighted by molar-refractivity contribution is 5.97. The van der Waals surface area contributed by atoms with Gasteiger partial charge in [-0.15, -0.1) is 0 Å². The molecule has 2 N–H and O–H groups in total. The van der Waals surface area contributed by atoms with Crippen molar-refractivity contribution in [1.82, 2.24) is 19.7 Å². The Bertz CT molecular complexity index is 840. The standard InChI is InChI=1S/C18H20N4O3/c1-21-18(22-8-4-5-9-22)15(13-20-21)17(24)19-12-14-6-2-3-7-16(14)25-11-10-23/h2-9,13,23H,10-12H2,1H3,(H,19,24). The first-order chi connectivity index (χ1) is 12.2. The number of rotatable bonds is 7. The van der Waals surface area contributed by atoms with Gasteiger partial charge in [0.05, 0.1) is 12.8 Å². The van der Waals surface area contributed by atoms with Crippen LogP contribution in [0.2, 0.25) is 0 Å². The van der Waals surface area contributed by atoms with Crippen LogP contribution < -0.4 is 10.1 Å². The van der Waals surface area contributed by atoms with Crippen LogP contribution in [0, 0.1) is 0 Å². The summed E-state index contributed by atoms with van der Waals surface area (Å²) in [6.45, 7) is 0.475. The van der Waals surface area contributed by atoms with Gasteiger partial charge in [0, 0.05) is 31.5 Å². The van der Waals surface area contributed by atoms with Gasteiger partial charge in [-0.3, -0.25) is 9.48 Å². The van der Waals surface area contributed by atoms with Crippen molar-refractivity contribution in [3.63, 3.8) is 0 Å². The lowest BCUT2D eigenvalue weighted by atomic mass is 10.2. The zero-order valence-corrected chi connectivity index (χ0v) is 13.9. The first-order valence-corrected chi connectivity index (χ1v) is 7.96. The van der Waals surface area contributed by atoms with E-state index in [2.05, 4.69) is 10.4 Å². The van der Waals surface area contributed by atoms with Gasteiger partial charge < -0.3 is 19.7 Å². The summed E-state index contributed by atoms with van der Waals surface area (Å²) in [6, 6.07) is 11.2. The molecule has 0 fully saturated rings. The third-order valence-corrected chi connectivity index (χ3v) is 3.76. The number of aliphatic hydroxyl groups excluding tert-OH is 1. The third kappa shape index (κ3) is 3.72. The molecule has 0 bridgehead atoms. The molecule has 0 saturated carbocycles. The average molecular weight is 340 g/mol. The lowest BCUT2D eigenvalue weighted by Crippen LogP contribution is -2.24. The fourth-order valence-electron chi connectivity index (χ4n) is 2.59. The maximum absolute atomic E-state index is 12.6. The summed E-state index contributed by atoms with van der Waals surface area (Å²) in [5, 5.41) is 16.0. The monoisotopic (exact) mass is 340 g/mol. The molecule has 25 heavy (non-hydrogen) atoms. The number of amides is 1.